The van der Waals surface area contributed by atoms with Gasteiger partial charge in [0.05, 0.1) is 20.3 Å². The van der Waals surface area contributed by atoms with E-state index in [-0.39, 0.29) is 0 Å². The zero-order valence-corrected chi connectivity index (χ0v) is 15.3. The third-order valence-electron chi connectivity index (χ3n) is 6.05. The molecule has 4 heteroatoms. The normalized spacial score (nSPS) is 28.6. The summed E-state index contributed by atoms with van der Waals surface area (Å²) >= 11 is 0. The predicted octanol–water partition coefficient (Wildman–Crippen LogP) is 2.61. The van der Waals surface area contributed by atoms with Gasteiger partial charge >= 0.3 is 0 Å². The summed E-state index contributed by atoms with van der Waals surface area (Å²) in [4.78, 5) is 5.36. The van der Waals surface area contributed by atoms with E-state index in [4.69, 9.17) is 9.47 Å². The average molecular weight is 330 g/mol. The number of fused-ring (bicyclic) bond motifs is 1. The average Bonchev–Trinajstić information content (AvgIpc) is 3.42. The molecule has 2 saturated heterocycles. The first-order chi connectivity index (χ1) is 11.7. The fourth-order valence-corrected chi connectivity index (χ4v) is 4.45. The van der Waals surface area contributed by atoms with Crippen molar-refractivity contribution in [2.24, 2.45) is 5.92 Å². The first-order valence-corrected chi connectivity index (χ1v) is 9.35. The molecule has 4 rings (SSSR count). The van der Waals surface area contributed by atoms with E-state index in [0.29, 0.717) is 12.1 Å². The van der Waals surface area contributed by atoms with E-state index in [2.05, 4.69) is 35.8 Å². The molecule has 2 aliphatic heterocycles. The number of aryl methyl sites for hydroxylation is 2. The summed E-state index contributed by atoms with van der Waals surface area (Å²) in [5.41, 5.74) is 3.99. The van der Waals surface area contributed by atoms with Gasteiger partial charge in [-0.3, -0.25) is 9.80 Å². The molecule has 0 aromatic heterocycles. The van der Waals surface area contributed by atoms with E-state index in [1.807, 2.05) is 0 Å². The molecule has 2 heterocycles. The Labute approximate surface area is 145 Å². The monoisotopic (exact) mass is 330 g/mol. The molecule has 1 aromatic rings. The van der Waals surface area contributed by atoms with E-state index in [1.54, 1.807) is 7.11 Å². The highest BCUT2D eigenvalue weighted by Gasteiger charge is 2.42. The van der Waals surface area contributed by atoms with Gasteiger partial charge in [-0.15, -0.1) is 0 Å². The Morgan fingerprint density at radius 3 is 2.71 bits per heavy atom. The molecule has 0 radical (unpaired) electrons. The Morgan fingerprint density at radius 2 is 1.96 bits per heavy atom. The van der Waals surface area contributed by atoms with Crippen molar-refractivity contribution in [3.05, 3.63) is 28.8 Å². The van der Waals surface area contributed by atoms with E-state index >= 15 is 0 Å². The quantitative estimate of drug-likeness (QED) is 0.847. The van der Waals surface area contributed by atoms with Crippen LogP contribution in [0.2, 0.25) is 0 Å². The molecule has 1 saturated carbocycles. The number of morpholine rings is 1. The first-order valence-electron chi connectivity index (χ1n) is 9.35. The minimum absolute atomic E-state index is 0.581. The summed E-state index contributed by atoms with van der Waals surface area (Å²) in [6.07, 6.45) is 2.82. The van der Waals surface area contributed by atoms with E-state index in [1.165, 1.54) is 42.6 Å². The van der Waals surface area contributed by atoms with Gasteiger partial charge in [0.15, 0.2) is 0 Å². The number of benzene rings is 1. The number of piperazine rings is 1. The van der Waals surface area contributed by atoms with E-state index < -0.39 is 0 Å². The van der Waals surface area contributed by atoms with Crippen molar-refractivity contribution in [3.63, 3.8) is 0 Å². The van der Waals surface area contributed by atoms with Crippen LogP contribution in [0.1, 0.15) is 29.5 Å². The molecule has 1 aromatic carbocycles. The van der Waals surface area contributed by atoms with Gasteiger partial charge in [0, 0.05) is 38.3 Å². The molecule has 1 aliphatic carbocycles. The Hall–Kier alpha value is -1.10. The van der Waals surface area contributed by atoms with Crippen molar-refractivity contribution in [1.29, 1.82) is 0 Å². The van der Waals surface area contributed by atoms with Crippen molar-refractivity contribution < 1.29 is 9.47 Å². The summed E-state index contributed by atoms with van der Waals surface area (Å²) in [5.74, 6) is 1.90. The van der Waals surface area contributed by atoms with Gasteiger partial charge < -0.3 is 9.47 Å². The van der Waals surface area contributed by atoms with Crippen LogP contribution in [0.25, 0.3) is 0 Å². The van der Waals surface area contributed by atoms with Crippen molar-refractivity contribution >= 4 is 0 Å². The third-order valence-corrected chi connectivity index (χ3v) is 6.05. The standard InChI is InChI=1S/C20H30N2O2/c1-14-9-20(23-3)15(2)8-17(14)10-21-6-7-22-18(11-21)12-24-13-19(22)16-4-5-16/h8-9,16,18-19H,4-7,10-13H2,1-3H3/t18-,19-/m1/s1. The van der Waals surface area contributed by atoms with Gasteiger partial charge in [-0.05, 0) is 55.4 Å². The fourth-order valence-electron chi connectivity index (χ4n) is 4.45. The van der Waals surface area contributed by atoms with Crippen LogP contribution in [0.4, 0.5) is 0 Å². The van der Waals surface area contributed by atoms with Crippen LogP contribution < -0.4 is 4.74 Å². The summed E-state index contributed by atoms with van der Waals surface area (Å²) in [7, 11) is 1.75. The number of hydrogen-bond donors (Lipinski definition) is 0. The van der Waals surface area contributed by atoms with Crippen LogP contribution in [0.15, 0.2) is 12.1 Å². The van der Waals surface area contributed by atoms with Crippen LogP contribution >= 0.6 is 0 Å². The molecule has 0 spiro atoms. The van der Waals surface area contributed by atoms with E-state index in [9.17, 15) is 0 Å². The number of nitrogens with zero attached hydrogens (tertiary/aromatic N) is 2. The Bertz CT molecular complexity index is 600. The van der Waals surface area contributed by atoms with Crippen LogP contribution in [0.5, 0.6) is 5.75 Å². The highest BCUT2D eigenvalue weighted by atomic mass is 16.5. The Morgan fingerprint density at radius 1 is 1.12 bits per heavy atom. The number of hydrogen-bond acceptors (Lipinski definition) is 4. The second-order valence-corrected chi connectivity index (χ2v) is 7.82. The SMILES string of the molecule is COc1cc(C)c(CN2CCN3[C@@H](COC[C@@H]3C3CC3)C2)cc1C. The van der Waals surface area contributed by atoms with Crippen molar-refractivity contribution in [1.82, 2.24) is 9.80 Å². The molecule has 0 bridgehead atoms. The molecule has 0 unspecified atom stereocenters. The van der Waals surface area contributed by atoms with Crippen LogP contribution in [0.3, 0.4) is 0 Å². The third kappa shape index (κ3) is 3.19. The molecule has 3 aliphatic rings. The summed E-state index contributed by atoms with van der Waals surface area (Å²) < 4.78 is 11.4. The number of methoxy groups -OCH3 is 1. The zero-order valence-electron chi connectivity index (χ0n) is 15.3. The molecule has 0 N–H and O–H groups in total. The smallest absolute Gasteiger partial charge is 0.122 e. The second-order valence-electron chi connectivity index (χ2n) is 7.82. The van der Waals surface area contributed by atoms with Gasteiger partial charge in [-0.2, -0.15) is 0 Å². The molecular formula is C20H30N2O2. The lowest BCUT2D eigenvalue weighted by molar-refractivity contribution is -0.0880. The molecular weight excluding hydrogens is 300 g/mol. The van der Waals surface area contributed by atoms with Gasteiger partial charge in [0.1, 0.15) is 5.75 Å². The maximum Gasteiger partial charge on any atom is 0.122 e. The lowest BCUT2D eigenvalue weighted by Crippen LogP contribution is -2.62. The molecule has 24 heavy (non-hydrogen) atoms. The largest absolute Gasteiger partial charge is 0.496 e. The fraction of sp³-hybridized carbons (Fsp3) is 0.700. The summed E-state index contributed by atoms with van der Waals surface area (Å²) in [5, 5.41) is 0. The van der Waals surface area contributed by atoms with E-state index in [0.717, 1.165) is 38.0 Å². The molecule has 4 nitrogen and oxygen atoms in total. The topological polar surface area (TPSA) is 24.9 Å². The Balaban J connectivity index is 1.43. The lowest BCUT2D eigenvalue weighted by Gasteiger charge is -2.48. The molecule has 3 fully saturated rings. The zero-order chi connectivity index (χ0) is 16.7. The molecule has 0 amide bonds. The predicted molar refractivity (Wildman–Crippen MR) is 95.6 cm³/mol. The molecule has 132 valence electrons. The van der Waals surface area contributed by atoms with Gasteiger partial charge in [0.25, 0.3) is 0 Å². The minimum Gasteiger partial charge on any atom is -0.496 e. The number of ether oxygens (including phenoxy) is 2. The lowest BCUT2D eigenvalue weighted by atomic mass is 10.0. The van der Waals surface area contributed by atoms with Crippen LogP contribution in [0, 0.1) is 19.8 Å². The highest BCUT2D eigenvalue weighted by Crippen LogP contribution is 2.38. The maximum absolute atomic E-state index is 5.94. The van der Waals surface area contributed by atoms with Gasteiger partial charge in [-0.25, -0.2) is 0 Å². The molecule has 2 atom stereocenters. The highest BCUT2D eigenvalue weighted by molar-refractivity contribution is 5.41. The second kappa shape index (κ2) is 6.66. The van der Waals surface area contributed by atoms with Crippen molar-refractivity contribution in [2.45, 2.75) is 45.3 Å². The summed E-state index contributed by atoms with van der Waals surface area (Å²) in [6.45, 7) is 10.7. The summed E-state index contributed by atoms with van der Waals surface area (Å²) in [6, 6.07) is 5.74. The van der Waals surface area contributed by atoms with Crippen LogP contribution in [-0.2, 0) is 11.3 Å². The van der Waals surface area contributed by atoms with Gasteiger partial charge in [-0.1, -0.05) is 6.07 Å². The van der Waals surface area contributed by atoms with Gasteiger partial charge in [0.2, 0.25) is 0 Å². The van der Waals surface area contributed by atoms with Crippen molar-refractivity contribution in [3.8, 4) is 5.75 Å². The minimum atomic E-state index is 0.581. The number of rotatable bonds is 4. The maximum atomic E-state index is 5.94. The van der Waals surface area contributed by atoms with Crippen molar-refractivity contribution in [2.75, 3.05) is 40.0 Å². The first kappa shape index (κ1) is 16.4. The van der Waals surface area contributed by atoms with Crippen LogP contribution in [-0.4, -0.2) is 61.8 Å². The Kier molecular flexibility index (Phi) is 4.54.